The van der Waals surface area contributed by atoms with Crippen molar-refractivity contribution in [1.29, 1.82) is 0 Å². The van der Waals surface area contributed by atoms with Crippen molar-refractivity contribution in [3.05, 3.63) is 65.5 Å². The average Bonchev–Trinajstić information content (AvgIpc) is 2.78. The highest BCUT2D eigenvalue weighted by Crippen LogP contribution is 2.34. The fourth-order valence-electron chi connectivity index (χ4n) is 4.10. The molecule has 5 rings (SSSR count). The molecule has 0 unspecified atom stereocenters. The molecule has 1 N–H and O–H groups in total. The molecule has 3 aromatic rings. The van der Waals surface area contributed by atoms with E-state index in [1.807, 2.05) is 12.1 Å². The lowest BCUT2D eigenvalue weighted by Gasteiger charge is -2.14. The number of fused-ring (bicyclic) bond motifs is 5. The van der Waals surface area contributed by atoms with Gasteiger partial charge in [-0.2, -0.15) is 0 Å². The van der Waals surface area contributed by atoms with Crippen LogP contribution in [0.5, 0.6) is 0 Å². The SMILES string of the molecule is CCNc1cc2oc3cc(=NCCCCl)c4cc5ccccc5cc4c-3nc2cc1C. The van der Waals surface area contributed by atoms with Crippen LogP contribution >= 0.6 is 11.6 Å². The van der Waals surface area contributed by atoms with Crippen LogP contribution in [-0.2, 0) is 0 Å². The predicted molar refractivity (Wildman–Crippen MR) is 130 cm³/mol. The molecule has 0 atom stereocenters. The molecular formula is C26H24ClN3O. The Labute approximate surface area is 185 Å². The maximum absolute atomic E-state index is 6.37. The zero-order valence-electron chi connectivity index (χ0n) is 17.7. The molecule has 3 aromatic carbocycles. The van der Waals surface area contributed by atoms with Crippen LogP contribution in [0.15, 0.2) is 64.0 Å². The number of aromatic nitrogens is 1. The molecule has 0 spiro atoms. The summed E-state index contributed by atoms with van der Waals surface area (Å²) >= 11 is 5.88. The number of hydrogen-bond donors (Lipinski definition) is 1. The van der Waals surface area contributed by atoms with Gasteiger partial charge in [-0.1, -0.05) is 24.3 Å². The number of halogens is 1. The van der Waals surface area contributed by atoms with Gasteiger partial charge >= 0.3 is 0 Å². The first-order valence-electron chi connectivity index (χ1n) is 10.7. The lowest BCUT2D eigenvalue weighted by Crippen LogP contribution is -2.08. The first-order valence-corrected chi connectivity index (χ1v) is 11.2. The summed E-state index contributed by atoms with van der Waals surface area (Å²) in [5.41, 5.74) is 4.70. The Kier molecular flexibility index (Phi) is 5.24. The lowest BCUT2D eigenvalue weighted by molar-refractivity contribution is 0.613. The molecule has 0 saturated carbocycles. The molecule has 0 amide bonds. The number of rotatable bonds is 5. The van der Waals surface area contributed by atoms with Gasteiger partial charge in [-0.25, -0.2) is 4.98 Å². The summed E-state index contributed by atoms with van der Waals surface area (Å²) < 4.78 is 6.37. The number of aryl methyl sites for hydroxylation is 1. The maximum atomic E-state index is 6.37. The van der Waals surface area contributed by atoms with Crippen molar-refractivity contribution in [2.45, 2.75) is 20.3 Å². The minimum Gasteiger partial charge on any atom is -0.453 e. The molecule has 0 bridgehead atoms. The smallest absolute Gasteiger partial charge is 0.155 e. The molecular weight excluding hydrogens is 406 g/mol. The normalized spacial score (nSPS) is 12.4. The Bertz CT molecular complexity index is 1450. The van der Waals surface area contributed by atoms with E-state index in [1.165, 1.54) is 10.8 Å². The van der Waals surface area contributed by atoms with Gasteiger partial charge in [0, 0.05) is 47.6 Å². The number of alkyl halides is 1. The van der Waals surface area contributed by atoms with Crippen LogP contribution < -0.4 is 10.7 Å². The van der Waals surface area contributed by atoms with Crippen molar-refractivity contribution in [2.24, 2.45) is 4.99 Å². The molecule has 0 radical (unpaired) electrons. The van der Waals surface area contributed by atoms with E-state index in [4.69, 9.17) is 26.0 Å². The Morgan fingerprint density at radius 3 is 2.55 bits per heavy atom. The summed E-state index contributed by atoms with van der Waals surface area (Å²) in [6, 6.07) is 18.9. The van der Waals surface area contributed by atoms with Gasteiger partial charge in [0.15, 0.2) is 11.3 Å². The van der Waals surface area contributed by atoms with Crippen molar-refractivity contribution >= 4 is 49.9 Å². The summed E-state index contributed by atoms with van der Waals surface area (Å²) in [5.74, 6) is 1.34. The minimum atomic E-state index is 0.598. The van der Waals surface area contributed by atoms with Gasteiger partial charge in [0.05, 0.1) is 5.36 Å². The zero-order chi connectivity index (χ0) is 21.4. The van der Waals surface area contributed by atoms with Crippen LogP contribution in [0.4, 0.5) is 5.69 Å². The number of anilines is 1. The van der Waals surface area contributed by atoms with Gasteiger partial charge in [-0.3, -0.25) is 4.99 Å². The third kappa shape index (κ3) is 3.61. The Morgan fingerprint density at radius 2 is 1.81 bits per heavy atom. The van der Waals surface area contributed by atoms with E-state index < -0.39 is 0 Å². The molecule has 0 aromatic heterocycles. The number of nitrogens with one attached hydrogen (secondary N) is 1. The first kappa shape index (κ1) is 19.8. The Morgan fingerprint density at radius 1 is 1.03 bits per heavy atom. The second kappa shape index (κ2) is 8.20. The molecule has 1 aliphatic heterocycles. The molecule has 1 heterocycles. The van der Waals surface area contributed by atoms with E-state index in [0.717, 1.165) is 62.9 Å². The van der Waals surface area contributed by atoms with Crippen molar-refractivity contribution in [3.8, 4) is 11.5 Å². The quantitative estimate of drug-likeness (QED) is 0.150. The highest BCUT2D eigenvalue weighted by molar-refractivity contribution is 6.17. The maximum Gasteiger partial charge on any atom is 0.155 e. The van der Waals surface area contributed by atoms with Crippen LogP contribution in [0.1, 0.15) is 18.9 Å². The zero-order valence-corrected chi connectivity index (χ0v) is 18.5. The highest BCUT2D eigenvalue weighted by Gasteiger charge is 2.16. The van der Waals surface area contributed by atoms with Crippen molar-refractivity contribution in [2.75, 3.05) is 24.3 Å². The second-order valence-electron chi connectivity index (χ2n) is 7.79. The van der Waals surface area contributed by atoms with Gasteiger partial charge in [-0.05, 0) is 54.8 Å². The monoisotopic (exact) mass is 429 g/mol. The van der Waals surface area contributed by atoms with Crippen molar-refractivity contribution in [3.63, 3.8) is 0 Å². The van der Waals surface area contributed by atoms with Crippen LogP contribution in [0.3, 0.4) is 0 Å². The molecule has 0 fully saturated rings. The van der Waals surface area contributed by atoms with Crippen LogP contribution in [-0.4, -0.2) is 24.0 Å². The highest BCUT2D eigenvalue weighted by atomic mass is 35.5. The largest absolute Gasteiger partial charge is 0.453 e. The Balaban J connectivity index is 1.86. The van der Waals surface area contributed by atoms with Gasteiger partial charge in [-0.15, -0.1) is 11.6 Å². The molecule has 2 aliphatic rings. The predicted octanol–water partition coefficient (Wildman–Crippen LogP) is 6.51. The third-order valence-corrected chi connectivity index (χ3v) is 5.88. The summed E-state index contributed by atoms with van der Waals surface area (Å²) in [5, 5.41) is 8.82. The summed E-state index contributed by atoms with van der Waals surface area (Å²) in [6.45, 7) is 5.72. The van der Waals surface area contributed by atoms with Crippen molar-refractivity contribution < 1.29 is 4.42 Å². The van der Waals surface area contributed by atoms with E-state index in [-0.39, 0.29) is 0 Å². The summed E-state index contributed by atoms with van der Waals surface area (Å²) in [6.07, 6.45) is 0.840. The van der Waals surface area contributed by atoms with E-state index >= 15 is 0 Å². The fraction of sp³-hybridized carbons (Fsp3) is 0.231. The van der Waals surface area contributed by atoms with E-state index in [0.29, 0.717) is 12.4 Å². The van der Waals surface area contributed by atoms with Gasteiger partial charge in [0.25, 0.3) is 0 Å². The van der Waals surface area contributed by atoms with E-state index in [2.05, 4.69) is 61.6 Å². The number of benzene rings is 4. The van der Waals surface area contributed by atoms with E-state index in [9.17, 15) is 0 Å². The van der Waals surface area contributed by atoms with Gasteiger partial charge in [0.1, 0.15) is 11.2 Å². The van der Waals surface area contributed by atoms with Gasteiger partial charge < -0.3 is 9.73 Å². The standard InChI is InChI=1S/C26H24ClN3O/c1-3-28-21-14-24-23(11-16(21)2)30-26-20-13-18-8-5-4-7-17(18)12-19(20)22(15-25(26)31-24)29-10-6-9-27/h4-5,7-8,11-15,28H,3,6,9-10H2,1-2H3. The van der Waals surface area contributed by atoms with Crippen LogP contribution in [0.2, 0.25) is 0 Å². The summed E-state index contributed by atoms with van der Waals surface area (Å²) in [4.78, 5) is 9.87. The minimum absolute atomic E-state index is 0.598. The molecule has 4 nitrogen and oxygen atoms in total. The van der Waals surface area contributed by atoms with Crippen LogP contribution in [0.25, 0.3) is 44.1 Å². The second-order valence-corrected chi connectivity index (χ2v) is 8.17. The lowest BCUT2D eigenvalue weighted by atomic mass is 9.99. The topological polar surface area (TPSA) is 50.4 Å². The fourth-order valence-corrected chi connectivity index (χ4v) is 4.22. The number of nitrogens with zero attached hydrogens (tertiary/aromatic N) is 2. The molecule has 5 heteroatoms. The molecule has 1 aliphatic carbocycles. The van der Waals surface area contributed by atoms with Crippen molar-refractivity contribution in [1.82, 2.24) is 4.98 Å². The first-order chi connectivity index (χ1) is 15.2. The molecule has 31 heavy (non-hydrogen) atoms. The number of hydrogen-bond acceptors (Lipinski definition) is 4. The third-order valence-electron chi connectivity index (χ3n) is 5.62. The van der Waals surface area contributed by atoms with Gasteiger partial charge in [0.2, 0.25) is 0 Å². The Hall–Kier alpha value is -3.11. The molecule has 0 saturated heterocycles. The average molecular weight is 430 g/mol. The summed E-state index contributed by atoms with van der Waals surface area (Å²) in [7, 11) is 0. The van der Waals surface area contributed by atoms with E-state index in [1.54, 1.807) is 0 Å². The van der Waals surface area contributed by atoms with Crippen LogP contribution in [0, 0.1) is 6.92 Å². The molecule has 156 valence electrons.